The molecule has 2 heterocycles. The van der Waals surface area contributed by atoms with Gasteiger partial charge in [0.05, 0.1) is 31.0 Å². The summed E-state index contributed by atoms with van der Waals surface area (Å²) >= 11 is 0. The Kier molecular flexibility index (Phi) is 11.2. The third-order valence-electron chi connectivity index (χ3n) is 8.87. The molecule has 1 unspecified atom stereocenters. The van der Waals surface area contributed by atoms with Gasteiger partial charge in [-0.3, -0.25) is 10.1 Å². The number of rotatable bonds is 12. The van der Waals surface area contributed by atoms with E-state index in [0.717, 1.165) is 61.3 Å². The smallest absolute Gasteiger partial charge is 0.324 e. The molecule has 4 aromatic rings. The van der Waals surface area contributed by atoms with E-state index in [0.29, 0.717) is 35.2 Å². The second-order valence-electron chi connectivity index (χ2n) is 13.6. The van der Waals surface area contributed by atoms with Gasteiger partial charge in [-0.1, -0.05) is 63.9 Å². The number of piperidine rings is 1. The number of hydrogen-bond acceptors (Lipinski definition) is 6. The molecule has 9 nitrogen and oxygen atoms in total. The number of nitrogens with zero attached hydrogens (tertiary/aromatic N) is 2. The van der Waals surface area contributed by atoms with Crippen LogP contribution in [0.1, 0.15) is 86.5 Å². The van der Waals surface area contributed by atoms with Crippen LogP contribution in [0.4, 0.5) is 16.3 Å². The van der Waals surface area contributed by atoms with Crippen LogP contribution < -0.4 is 25.4 Å². The van der Waals surface area contributed by atoms with E-state index in [1.54, 1.807) is 11.8 Å². The molecule has 3 aromatic carbocycles. The van der Waals surface area contributed by atoms with Crippen LogP contribution >= 0.6 is 0 Å². The summed E-state index contributed by atoms with van der Waals surface area (Å²) in [5.41, 5.74) is 4.83. The third-order valence-corrected chi connectivity index (χ3v) is 8.87. The number of nitrogens with one attached hydrogen (secondary N) is 3. The van der Waals surface area contributed by atoms with Crippen molar-refractivity contribution in [3.63, 3.8) is 0 Å². The third kappa shape index (κ3) is 8.44. The first-order valence-corrected chi connectivity index (χ1v) is 17.0. The number of benzene rings is 3. The topological polar surface area (TPSA) is 107 Å². The Balaban J connectivity index is 1.35. The molecular weight excluding hydrogens is 602 g/mol. The van der Waals surface area contributed by atoms with Gasteiger partial charge in [0.2, 0.25) is 0 Å². The summed E-state index contributed by atoms with van der Waals surface area (Å²) < 4.78 is 13.3. The molecule has 48 heavy (non-hydrogen) atoms. The lowest BCUT2D eigenvalue weighted by molar-refractivity contribution is 0.0915. The lowest BCUT2D eigenvalue weighted by atomic mass is 9.76. The number of carbonyl (C=O) groups is 2. The van der Waals surface area contributed by atoms with Gasteiger partial charge in [-0.15, -0.1) is 0 Å². The fraction of sp³-hybridized carbons (Fsp3) is 0.410. The van der Waals surface area contributed by atoms with Gasteiger partial charge in [0.25, 0.3) is 0 Å². The highest BCUT2D eigenvalue weighted by Gasteiger charge is 2.32. The first kappa shape index (κ1) is 34.7. The SMILES string of the molecule is CCCCOc1cc(C(=O)C(c2ccc(NC(=O)Nc3cc(C(C)(C)C)nn3-c3ccc(C)cc3)cc2)C2CCNCC2)ccc1OC. The van der Waals surface area contributed by atoms with Crippen LogP contribution in [0.15, 0.2) is 72.8 Å². The fourth-order valence-corrected chi connectivity index (χ4v) is 6.04. The standard InChI is InChI=1S/C39H49N5O4/c1-7-8-23-48-33-24-29(13-18-32(33)47-6)37(45)36(28-19-21-40-22-20-28)27-11-14-30(15-12-27)41-38(46)42-35-25-34(39(3,4)5)43-44(35)31-16-9-26(2)10-17-31/h9-18,24-25,28,36,40H,7-8,19-23H2,1-6H3,(H2,41,42,46). The van der Waals surface area contributed by atoms with Crippen LogP contribution in [0.25, 0.3) is 5.69 Å². The number of urea groups is 1. The van der Waals surface area contributed by atoms with Crippen LogP contribution in [0.5, 0.6) is 11.5 Å². The quantitative estimate of drug-likeness (QED) is 0.105. The summed E-state index contributed by atoms with van der Waals surface area (Å²) in [5, 5.41) is 14.2. The minimum absolute atomic E-state index is 0.0577. The molecule has 1 atom stereocenters. The van der Waals surface area contributed by atoms with E-state index < -0.39 is 0 Å². The normalized spacial score (nSPS) is 14.3. The maximum Gasteiger partial charge on any atom is 0.324 e. The summed E-state index contributed by atoms with van der Waals surface area (Å²) in [7, 11) is 1.61. The molecule has 2 amide bonds. The summed E-state index contributed by atoms with van der Waals surface area (Å²) in [6, 6.07) is 22.7. The van der Waals surface area contributed by atoms with Gasteiger partial charge in [-0.05, 0) is 93.2 Å². The molecule has 254 valence electrons. The van der Waals surface area contributed by atoms with E-state index in [4.69, 9.17) is 14.6 Å². The minimum Gasteiger partial charge on any atom is -0.493 e. The van der Waals surface area contributed by atoms with Crippen molar-refractivity contribution in [2.24, 2.45) is 5.92 Å². The van der Waals surface area contributed by atoms with E-state index in [1.807, 2.05) is 79.7 Å². The summed E-state index contributed by atoms with van der Waals surface area (Å²) in [6.07, 6.45) is 3.74. The molecule has 0 radical (unpaired) electrons. The lowest BCUT2D eigenvalue weighted by Gasteiger charge is -2.30. The number of hydrogen-bond donors (Lipinski definition) is 3. The van der Waals surface area contributed by atoms with Crippen molar-refractivity contribution in [1.29, 1.82) is 0 Å². The van der Waals surface area contributed by atoms with Crippen molar-refractivity contribution >= 4 is 23.3 Å². The van der Waals surface area contributed by atoms with Gasteiger partial charge in [-0.25, -0.2) is 9.48 Å². The van der Waals surface area contributed by atoms with Crippen molar-refractivity contribution in [3.05, 3.63) is 95.2 Å². The molecule has 0 bridgehead atoms. The Labute approximate surface area is 284 Å². The van der Waals surface area contributed by atoms with Crippen LogP contribution in [0.3, 0.4) is 0 Å². The minimum atomic E-state index is -0.378. The molecule has 1 aliphatic rings. The van der Waals surface area contributed by atoms with Crippen LogP contribution in [0.2, 0.25) is 0 Å². The number of aromatic nitrogens is 2. The molecule has 0 aliphatic carbocycles. The van der Waals surface area contributed by atoms with E-state index in [1.165, 1.54) is 0 Å². The van der Waals surface area contributed by atoms with E-state index in [9.17, 15) is 9.59 Å². The highest BCUT2D eigenvalue weighted by molar-refractivity contribution is 6.02. The van der Waals surface area contributed by atoms with Crippen LogP contribution in [0, 0.1) is 12.8 Å². The Morgan fingerprint density at radius 3 is 2.31 bits per heavy atom. The second kappa shape index (κ2) is 15.5. The highest BCUT2D eigenvalue weighted by atomic mass is 16.5. The lowest BCUT2D eigenvalue weighted by Crippen LogP contribution is -2.33. The molecular formula is C39H49N5O4. The zero-order chi connectivity index (χ0) is 34.3. The van der Waals surface area contributed by atoms with Crippen LogP contribution in [-0.2, 0) is 5.41 Å². The van der Waals surface area contributed by atoms with Crippen molar-refractivity contribution < 1.29 is 19.1 Å². The maximum atomic E-state index is 14.2. The molecule has 1 saturated heterocycles. The molecule has 1 aromatic heterocycles. The number of ether oxygens (including phenoxy) is 2. The average Bonchev–Trinajstić information content (AvgIpc) is 3.51. The van der Waals surface area contributed by atoms with E-state index in [-0.39, 0.29) is 29.1 Å². The monoisotopic (exact) mass is 651 g/mol. The predicted molar refractivity (Wildman–Crippen MR) is 192 cm³/mol. The van der Waals surface area contributed by atoms with Gasteiger partial charge < -0.3 is 20.1 Å². The number of methoxy groups -OCH3 is 1. The molecule has 3 N–H and O–H groups in total. The summed E-state index contributed by atoms with van der Waals surface area (Å²) in [6.45, 7) is 12.7. The number of ketones is 1. The molecule has 0 saturated carbocycles. The molecule has 5 rings (SSSR count). The van der Waals surface area contributed by atoms with Gasteiger partial charge in [0, 0.05) is 22.7 Å². The molecule has 1 aliphatic heterocycles. The summed E-state index contributed by atoms with van der Waals surface area (Å²) in [5.74, 6) is 1.70. The van der Waals surface area contributed by atoms with E-state index in [2.05, 4.69) is 43.6 Å². The zero-order valence-corrected chi connectivity index (χ0v) is 29.1. The van der Waals surface area contributed by atoms with Gasteiger partial charge >= 0.3 is 6.03 Å². The Morgan fingerprint density at radius 2 is 1.67 bits per heavy atom. The van der Waals surface area contributed by atoms with Crippen molar-refractivity contribution in [3.8, 4) is 17.2 Å². The summed E-state index contributed by atoms with van der Waals surface area (Å²) in [4.78, 5) is 27.5. The first-order valence-electron chi connectivity index (χ1n) is 17.0. The number of unbranched alkanes of at least 4 members (excludes halogenated alkanes) is 1. The van der Waals surface area contributed by atoms with Gasteiger partial charge in [0.15, 0.2) is 17.3 Å². The predicted octanol–water partition coefficient (Wildman–Crippen LogP) is 8.28. The van der Waals surface area contributed by atoms with Gasteiger partial charge in [-0.2, -0.15) is 5.10 Å². The van der Waals surface area contributed by atoms with E-state index >= 15 is 0 Å². The molecule has 0 spiro atoms. The van der Waals surface area contributed by atoms with Gasteiger partial charge in [0.1, 0.15) is 5.82 Å². The van der Waals surface area contributed by atoms with Crippen molar-refractivity contribution in [2.45, 2.75) is 71.6 Å². The maximum absolute atomic E-state index is 14.2. The van der Waals surface area contributed by atoms with Crippen molar-refractivity contribution in [2.75, 3.05) is 37.4 Å². The second-order valence-corrected chi connectivity index (χ2v) is 13.6. The number of amides is 2. The number of anilines is 2. The first-order chi connectivity index (χ1) is 23.1. The van der Waals surface area contributed by atoms with Crippen molar-refractivity contribution in [1.82, 2.24) is 15.1 Å². The fourth-order valence-electron chi connectivity index (χ4n) is 6.04. The largest absolute Gasteiger partial charge is 0.493 e. The number of carbonyl (C=O) groups excluding carboxylic acids is 2. The van der Waals surface area contributed by atoms with Crippen LogP contribution in [-0.4, -0.2) is 48.4 Å². The average molecular weight is 652 g/mol. The molecule has 9 heteroatoms. The Morgan fingerprint density at radius 1 is 0.958 bits per heavy atom. The highest BCUT2D eigenvalue weighted by Crippen LogP contribution is 2.37. The number of Topliss-reactive ketones (excluding diaryl/α,β-unsaturated/α-hetero) is 1. The zero-order valence-electron chi connectivity index (χ0n) is 29.1. The number of aryl methyl sites for hydroxylation is 1. The Bertz CT molecular complexity index is 1680. The molecule has 1 fully saturated rings. The Hall–Kier alpha value is -4.63.